The zero-order valence-electron chi connectivity index (χ0n) is 16.9. The molecule has 0 aliphatic rings. The van der Waals surface area contributed by atoms with E-state index in [1.807, 2.05) is 69.3 Å². The molecule has 7 heteroatoms. The lowest BCUT2D eigenvalue weighted by molar-refractivity contribution is 0.242. The summed E-state index contributed by atoms with van der Waals surface area (Å²) in [4.78, 5) is 4.61. The highest BCUT2D eigenvalue weighted by molar-refractivity contribution is 7.90. The van der Waals surface area contributed by atoms with Crippen molar-refractivity contribution < 1.29 is 13.2 Å². The summed E-state index contributed by atoms with van der Waals surface area (Å²) in [5, 5.41) is 6.31. The van der Waals surface area contributed by atoms with Gasteiger partial charge in [-0.3, -0.25) is 0 Å². The van der Waals surface area contributed by atoms with E-state index >= 15 is 0 Å². The Kier molecular flexibility index (Phi) is 7.87. The number of hydrogen-bond acceptors (Lipinski definition) is 4. The Morgan fingerprint density at radius 2 is 1.79 bits per heavy atom. The van der Waals surface area contributed by atoms with Gasteiger partial charge in [-0.1, -0.05) is 24.3 Å². The van der Waals surface area contributed by atoms with Crippen LogP contribution in [0, 0.1) is 6.92 Å². The number of anilines is 1. The van der Waals surface area contributed by atoms with E-state index in [0.29, 0.717) is 12.5 Å². The number of aryl methyl sites for hydroxylation is 1. The van der Waals surface area contributed by atoms with Crippen LogP contribution in [-0.2, 0) is 16.4 Å². The topological polar surface area (TPSA) is 79.8 Å². The summed E-state index contributed by atoms with van der Waals surface area (Å²) in [6.45, 7) is 6.79. The molecule has 0 unspecified atom stereocenters. The van der Waals surface area contributed by atoms with Gasteiger partial charge in [-0.05, 0) is 56.2 Å². The van der Waals surface area contributed by atoms with Crippen LogP contribution < -0.4 is 15.4 Å². The molecule has 0 radical (unpaired) electrons. The largest absolute Gasteiger partial charge is 0.491 e. The number of hydrogen-bond donors (Lipinski definition) is 2. The lowest BCUT2D eigenvalue weighted by Crippen LogP contribution is -2.34. The molecule has 6 nitrogen and oxygen atoms in total. The van der Waals surface area contributed by atoms with E-state index in [4.69, 9.17) is 4.74 Å². The first kappa shape index (κ1) is 21.8. The van der Waals surface area contributed by atoms with Crippen molar-refractivity contribution in [2.75, 3.05) is 23.9 Å². The molecular formula is C21H29N3O3S. The molecule has 0 heterocycles. The molecule has 0 atom stereocenters. The number of benzene rings is 2. The van der Waals surface area contributed by atoms with Crippen molar-refractivity contribution in [1.82, 2.24) is 5.32 Å². The summed E-state index contributed by atoms with van der Waals surface area (Å²) in [7, 11) is -3.05. The molecule has 0 saturated carbocycles. The summed E-state index contributed by atoms with van der Waals surface area (Å²) >= 11 is 0. The van der Waals surface area contributed by atoms with Crippen LogP contribution in [0.4, 0.5) is 5.69 Å². The number of guanidine groups is 1. The molecule has 0 bridgehead atoms. The number of aliphatic imine (C=N–C) groups is 1. The maximum atomic E-state index is 11.4. The van der Waals surface area contributed by atoms with E-state index in [2.05, 4.69) is 15.6 Å². The molecule has 0 amide bonds. The quantitative estimate of drug-likeness (QED) is 0.522. The van der Waals surface area contributed by atoms with Gasteiger partial charge in [-0.15, -0.1) is 0 Å². The zero-order chi connectivity index (χ0) is 20.6. The van der Waals surface area contributed by atoms with E-state index in [9.17, 15) is 8.42 Å². The number of ether oxygens (including phenoxy) is 1. The number of rotatable bonds is 8. The Labute approximate surface area is 168 Å². The van der Waals surface area contributed by atoms with Crippen molar-refractivity contribution in [3.63, 3.8) is 0 Å². The van der Waals surface area contributed by atoms with Crippen LogP contribution in [0.3, 0.4) is 0 Å². The van der Waals surface area contributed by atoms with Crippen molar-refractivity contribution in [2.24, 2.45) is 4.99 Å². The minimum Gasteiger partial charge on any atom is -0.491 e. The van der Waals surface area contributed by atoms with Gasteiger partial charge >= 0.3 is 0 Å². The van der Waals surface area contributed by atoms with E-state index < -0.39 is 9.84 Å². The fourth-order valence-corrected chi connectivity index (χ4v) is 2.94. The predicted octanol–water partition coefficient (Wildman–Crippen LogP) is 3.38. The Balaban J connectivity index is 2.10. The molecule has 0 aromatic heterocycles. The number of sulfone groups is 1. The zero-order valence-corrected chi connectivity index (χ0v) is 17.7. The summed E-state index contributed by atoms with van der Waals surface area (Å²) in [6, 6.07) is 15.6. The van der Waals surface area contributed by atoms with Crippen molar-refractivity contribution in [2.45, 2.75) is 33.4 Å². The average molecular weight is 404 g/mol. The highest BCUT2D eigenvalue weighted by Crippen LogP contribution is 2.17. The maximum Gasteiger partial charge on any atom is 0.196 e. The molecule has 2 aromatic rings. The Hall–Kier alpha value is -2.54. The molecule has 152 valence electrons. The van der Waals surface area contributed by atoms with E-state index in [-0.39, 0.29) is 18.4 Å². The van der Waals surface area contributed by atoms with Gasteiger partial charge in [-0.2, -0.15) is 0 Å². The minimum atomic E-state index is -3.05. The summed E-state index contributed by atoms with van der Waals surface area (Å²) in [5.41, 5.74) is 3.12. The van der Waals surface area contributed by atoms with E-state index in [1.54, 1.807) is 0 Å². The second-order valence-corrected chi connectivity index (χ2v) is 9.22. The monoisotopic (exact) mass is 403 g/mol. The molecule has 0 saturated heterocycles. The molecule has 0 aliphatic carbocycles. The molecular weight excluding hydrogens is 374 g/mol. The van der Waals surface area contributed by atoms with Crippen molar-refractivity contribution >= 4 is 21.5 Å². The summed E-state index contributed by atoms with van der Waals surface area (Å²) in [5.74, 6) is 1.37. The Morgan fingerprint density at radius 3 is 2.39 bits per heavy atom. The molecule has 28 heavy (non-hydrogen) atoms. The lowest BCUT2D eigenvalue weighted by Gasteiger charge is -2.14. The van der Waals surface area contributed by atoms with Crippen LogP contribution in [0.5, 0.6) is 5.75 Å². The van der Waals surface area contributed by atoms with Gasteiger partial charge in [0.25, 0.3) is 0 Å². The van der Waals surface area contributed by atoms with E-state index in [0.717, 1.165) is 22.6 Å². The lowest BCUT2D eigenvalue weighted by atomic mass is 10.1. The average Bonchev–Trinajstić information content (AvgIpc) is 2.61. The Bertz CT molecular complexity index is 891. The van der Waals surface area contributed by atoms with Crippen molar-refractivity contribution in [3.05, 3.63) is 59.7 Å². The summed E-state index contributed by atoms with van der Waals surface area (Å²) < 4.78 is 28.5. The van der Waals surface area contributed by atoms with Crippen LogP contribution in [0.25, 0.3) is 0 Å². The van der Waals surface area contributed by atoms with Gasteiger partial charge < -0.3 is 15.4 Å². The van der Waals surface area contributed by atoms with Crippen LogP contribution in [0.1, 0.15) is 25.0 Å². The molecule has 0 spiro atoms. The SMILES string of the molecule is Cc1ccccc1CN=C(NCCS(C)(=O)=O)Nc1ccc(OC(C)C)cc1. The van der Waals surface area contributed by atoms with Gasteiger partial charge in [0.05, 0.1) is 18.4 Å². The number of nitrogens with one attached hydrogen (secondary N) is 2. The highest BCUT2D eigenvalue weighted by Gasteiger charge is 2.06. The molecule has 0 aliphatic heterocycles. The Morgan fingerprint density at radius 1 is 1.11 bits per heavy atom. The maximum absolute atomic E-state index is 11.4. The molecule has 0 fully saturated rings. The van der Waals surface area contributed by atoms with Gasteiger partial charge in [-0.25, -0.2) is 13.4 Å². The third kappa shape index (κ3) is 8.00. The van der Waals surface area contributed by atoms with Crippen molar-refractivity contribution in [1.29, 1.82) is 0 Å². The fourth-order valence-electron chi connectivity index (χ4n) is 2.47. The standard InChI is InChI=1S/C21H29N3O3S/c1-16(2)27-20-11-9-19(10-12-20)24-21(22-13-14-28(4,25)26)23-15-18-8-6-5-7-17(18)3/h5-12,16H,13-15H2,1-4H3,(H2,22,23,24). The van der Waals surface area contributed by atoms with Gasteiger partial charge in [0.1, 0.15) is 15.6 Å². The van der Waals surface area contributed by atoms with Crippen LogP contribution in [0.2, 0.25) is 0 Å². The molecule has 2 aromatic carbocycles. The second-order valence-electron chi connectivity index (χ2n) is 6.96. The smallest absolute Gasteiger partial charge is 0.196 e. The van der Waals surface area contributed by atoms with Crippen LogP contribution >= 0.6 is 0 Å². The molecule has 2 N–H and O–H groups in total. The van der Waals surface area contributed by atoms with Crippen LogP contribution in [-0.4, -0.2) is 39.0 Å². The van der Waals surface area contributed by atoms with Gasteiger partial charge in [0, 0.05) is 18.5 Å². The molecule has 2 rings (SSSR count). The predicted molar refractivity (Wildman–Crippen MR) is 116 cm³/mol. The first-order chi connectivity index (χ1) is 13.2. The summed E-state index contributed by atoms with van der Waals surface area (Å²) in [6.07, 6.45) is 1.34. The van der Waals surface area contributed by atoms with Gasteiger partial charge in [0.15, 0.2) is 5.96 Å². The van der Waals surface area contributed by atoms with Crippen molar-refractivity contribution in [3.8, 4) is 5.75 Å². The van der Waals surface area contributed by atoms with E-state index in [1.165, 1.54) is 6.26 Å². The minimum absolute atomic E-state index is 0.0409. The third-order valence-electron chi connectivity index (χ3n) is 3.92. The second kappa shape index (κ2) is 10.1. The first-order valence-corrected chi connectivity index (χ1v) is 11.3. The highest BCUT2D eigenvalue weighted by atomic mass is 32.2. The number of nitrogens with zero attached hydrogens (tertiary/aromatic N) is 1. The van der Waals surface area contributed by atoms with Crippen LogP contribution in [0.15, 0.2) is 53.5 Å². The van der Waals surface area contributed by atoms with Gasteiger partial charge in [0.2, 0.25) is 0 Å². The normalized spacial score (nSPS) is 12.1. The fraction of sp³-hybridized carbons (Fsp3) is 0.381. The first-order valence-electron chi connectivity index (χ1n) is 9.27. The third-order valence-corrected chi connectivity index (χ3v) is 4.87.